The van der Waals surface area contributed by atoms with E-state index in [0.29, 0.717) is 25.1 Å². The zero-order valence-electron chi connectivity index (χ0n) is 14.7. The molecule has 144 valence electrons. The maximum atomic E-state index is 12.2. The van der Waals surface area contributed by atoms with E-state index in [1.165, 1.54) is 10.9 Å². The van der Waals surface area contributed by atoms with Crippen LogP contribution in [-0.2, 0) is 16.1 Å². The molecule has 1 heterocycles. The summed E-state index contributed by atoms with van der Waals surface area (Å²) in [5.41, 5.74) is 5.90. The lowest BCUT2D eigenvalue weighted by molar-refractivity contribution is -0.122. The predicted octanol–water partition coefficient (Wildman–Crippen LogP) is 0.615. The van der Waals surface area contributed by atoms with Crippen molar-refractivity contribution in [3.05, 3.63) is 12.4 Å². The van der Waals surface area contributed by atoms with Crippen LogP contribution in [0, 0.1) is 0 Å². The Morgan fingerprint density at radius 2 is 1.96 bits per heavy atom. The van der Waals surface area contributed by atoms with Gasteiger partial charge in [-0.2, -0.15) is 5.10 Å². The largest absolute Gasteiger partial charge is 0.353 e. The summed E-state index contributed by atoms with van der Waals surface area (Å²) < 4.78 is 1.50. The molecule has 2 rings (SSSR count). The summed E-state index contributed by atoms with van der Waals surface area (Å²) in [6, 6.07) is 0. The van der Waals surface area contributed by atoms with Crippen LogP contribution in [0.3, 0.4) is 0 Å². The molecule has 0 aromatic carbocycles. The predicted molar refractivity (Wildman–Crippen MR) is 102 cm³/mol. The third kappa shape index (κ3) is 7.19. The Labute approximate surface area is 160 Å². The van der Waals surface area contributed by atoms with Crippen LogP contribution in [-0.4, -0.2) is 59.2 Å². The first-order valence-electron chi connectivity index (χ1n) is 7.93. The van der Waals surface area contributed by atoms with Crippen molar-refractivity contribution in [2.75, 3.05) is 32.5 Å². The zero-order chi connectivity index (χ0) is 16.9. The summed E-state index contributed by atoms with van der Waals surface area (Å²) in [5.74, 6) is -0.288. The van der Waals surface area contributed by atoms with Gasteiger partial charge in [-0.15, -0.1) is 24.8 Å². The van der Waals surface area contributed by atoms with E-state index in [1.54, 1.807) is 6.20 Å². The van der Waals surface area contributed by atoms with Crippen molar-refractivity contribution < 1.29 is 9.59 Å². The van der Waals surface area contributed by atoms with E-state index in [4.69, 9.17) is 5.73 Å². The standard InChI is InChI=1S/C15H26N6O2.2ClH/c1-20(2)8-7-17-13(22)11-21-10-12(9-18-21)19-14(23)15(16)5-3-4-6-15;;/h9-10H,3-8,11,16H2,1-2H3,(H,17,22)(H,19,23);2*1H. The van der Waals surface area contributed by atoms with Crippen molar-refractivity contribution in [1.29, 1.82) is 0 Å². The van der Waals surface area contributed by atoms with E-state index in [-0.39, 0.29) is 43.2 Å². The quantitative estimate of drug-likeness (QED) is 0.628. The Morgan fingerprint density at radius 3 is 2.56 bits per heavy atom. The number of amides is 2. The molecule has 0 radical (unpaired) electrons. The molecule has 0 aliphatic heterocycles. The van der Waals surface area contributed by atoms with E-state index < -0.39 is 5.54 Å². The van der Waals surface area contributed by atoms with E-state index >= 15 is 0 Å². The van der Waals surface area contributed by atoms with Gasteiger partial charge in [0, 0.05) is 19.3 Å². The number of nitrogens with zero attached hydrogens (tertiary/aromatic N) is 3. The number of carbonyl (C=O) groups excluding carboxylic acids is 2. The third-order valence-electron chi connectivity index (χ3n) is 4.03. The van der Waals surface area contributed by atoms with Crippen LogP contribution in [0.25, 0.3) is 0 Å². The second-order valence-corrected chi connectivity index (χ2v) is 6.40. The summed E-state index contributed by atoms with van der Waals surface area (Å²) in [6.07, 6.45) is 6.56. The van der Waals surface area contributed by atoms with Crippen molar-refractivity contribution in [1.82, 2.24) is 20.0 Å². The van der Waals surface area contributed by atoms with Crippen LogP contribution in [0.5, 0.6) is 0 Å². The van der Waals surface area contributed by atoms with Crippen LogP contribution in [0.4, 0.5) is 5.69 Å². The first-order valence-corrected chi connectivity index (χ1v) is 7.93. The van der Waals surface area contributed by atoms with E-state index in [0.717, 1.165) is 19.4 Å². The fourth-order valence-corrected chi connectivity index (χ4v) is 2.63. The first-order chi connectivity index (χ1) is 10.9. The summed E-state index contributed by atoms with van der Waals surface area (Å²) in [7, 11) is 3.90. The molecule has 1 aliphatic carbocycles. The van der Waals surface area contributed by atoms with Gasteiger partial charge in [0.1, 0.15) is 6.54 Å². The Morgan fingerprint density at radius 1 is 1.32 bits per heavy atom. The molecule has 1 aromatic rings. The van der Waals surface area contributed by atoms with Gasteiger partial charge in [0.25, 0.3) is 0 Å². The zero-order valence-corrected chi connectivity index (χ0v) is 16.3. The van der Waals surface area contributed by atoms with Crippen molar-refractivity contribution in [3.8, 4) is 0 Å². The van der Waals surface area contributed by atoms with Crippen molar-refractivity contribution in [2.24, 2.45) is 5.73 Å². The number of nitrogens with one attached hydrogen (secondary N) is 2. The fourth-order valence-electron chi connectivity index (χ4n) is 2.63. The number of anilines is 1. The van der Waals surface area contributed by atoms with Gasteiger partial charge < -0.3 is 21.3 Å². The highest BCUT2D eigenvalue weighted by Gasteiger charge is 2.37. The molecule has 0 spiro atoms. The highest BCUT2D eigenvalue weighted by molar-refractivity contribution is 5.98. The highest BCUT2D eigenvalue weighted by Crippen LogP contribution is 2.28. The molecule has 8 nitrogen and oxygen atoms in total. The van der Waals surface area contributed by atoms with Gasteiger partial charge in [-0.25, -0.2) is 0 Å². The minimum atomic E-state index is -0.772. The molecule has 1 aromatic heterocycles. The van der Waals surface area contributed by atoms with Gasteiger partial charge in [-0.1, -0.05) is 12.8 Å². The maximum absolute atomic E-state index is 12.2. The Hall–Kier alpha value is -1.35. The van der Waals surface area contributed by atoms with Crippen LogP contribution in [0.1, 0.15) is 25.7 Å². The second-order valence-electron chi connectivity index (χ2n) is 6.40. The van der Waals surface area contributed by atoms with Crippen molar-refractivity contribution in [3.63, 3.8) is 0 Å². The van der Waals surface area contributed by atoms with E-state index in [9.17, 15) is 9.59 Å². The first kappa shape index (κ1) is 23.6. The van der Waals surface area contributed by atoms with E-state index in [2.05, 4.69) is 15.7 Å². The minimum absolute atomic E-state index is 0. The molecule has 25 heavy (non-hydrogen) atoms. The molecule has 0 saturated heterocycles. The number of rotatable bonds is 7. The lowest BCUT2D eigenvalue weighted by atomic mass is 9.98. The average Bonchev–Trinajstić information content (AvgIpc) is 3.09. The molecule has 2 amide bonds. The molecule has 0 unspecified atom stereocenters. The SMILES string of the molecule is CN(C)CCNC(=O)Cn1cc(NC(=O)C2(N)CCCC2)cn1.Cl.Cl. The minimum Gasteiger partial charge on any atom is -0.353 e. The number of halogens is 2. The molecular formula is C15H28Cl2N6O2. The highest BCUT2D eigenvalue weighted by atomic mass is 35.5. The number of hydrogen-bond acceptors (Lipinski definition) is 5. The molecular weight excluding hydrogens is 367 g/mol. The number of aromatic nitrogens is 2. The normalized spacial score (nSPS) is 15.2. The van der Waals surface area contributed by atoms with Crippen molar-refractivity contribution >= 4 is 42.3 Å². The van der Waals surface area contributed by atoms with Gasteiger partial charge >= 0.3 is 0 Å². The third-order valence-corrected chi connectivity index (χ3v) is 4.03. The van der Waals surface area contributed by atoms with E-state index in [1.807, 2.05) is 19.0 Å². The van der Waals surface area contributed by atoms with Crippen LogP contribution >= 0.6 is 24.8 Å². The summed E-state index contributed by atoms with van der Waals surface area (Å²) in [6.45, 7) is 1.49. The molecule has 10 heteroatoms. The maximum Gasteiger partial charge on any atom is 0.244 e. The van der Waals surface area contributed by atoms with Gasteiger partial charge in [-0.3, -0.25) is 14.3 Å². The van der Waals surface area contributed by atoms with Crippen LogP contribution in [0.2, 0.25) is 0 Å². The molecule has 4 N–H and O–H groups in total. The Balaban J connectivity index is 0.00000288. The summed E-state index contributed by atoms with van der Waals surface area (Å²) in [4.78, 5) is 26.0. The van der Waals surface area contributed by atoms with Gasteiger partial charge in [0.15, 0.2) is 0 Å². The van der Waals surface area contributed by atoms with Gasteiger partial charge in [-0.05, 0) is 26.9 Å². The number of carbonyl (C=O) groups is 2. The molecule has 0 bridgehead atoms. The Kier molecular flexibility index (Phi) is 10.0. The smallest absolute Gasteiger partial charge is 0.244 e. The molecule has 0 atom stereocenters. The second kappa shape index (κ2) is 10.6. The summed E-state index contributed by atoms with van der Waals surface area (Å²) >= 11 is 0. The lowest BCUT2D eigenvalue weighted by Crippen LogP contribution is -2.48. The van der Waals surface area contributed by atoms with Crippen LogP contribution in [0.15, 0.2) is 12.4 Å². The molecule has 1 fully saturated rings. The number of hydrogen-bond donors (Lipinski definition) is 3. The fraction of sp³-hybridized carbons (Fsp3) is 0.667. The molecule has 1 saturated carbocycles. The monoisotopic (exact) mass is 394 g/mol. The molecule has 1 aliphatic rings. The summed E-state index contributed by atoms with van der Waals surface area (Å²) in [5, 5.41) is 9.70. The lowest BCUT2D eigenvalue weighted by Gasteiger charge is -2.21. The van der Waals surface area contributed by atoms with Gasteiger partial charge in [0.2, 0.25) is 11.8 Å². The Bertz CT molecular complexity index is 558. The van der Waals surface area contributed by atoms with Crippen LogP contribution < -0.4 is 16.4 Å². The van der Waals surface area contributed by atoms with Crippen molar-refractivity contribution in [2.45, 2.75) is 37.8 Å². The topological polar surface area (TPSA) is 105 Å². The number of likely N-dealkylation sites (N-methyl/N-ethyl adjacent to an activating group) is 1. The van der Waals surface area contributed by atoms with Gasteiger partial charge in [0.05, 0.1) is 17.4 Å². The number of nitrogens with two attached hydrogens (primary N) is 1. The average molecular weight is 395 g/mol.